The molecule has 0 saturated heterocycles. The van der Waals surface area contributed by atoms with Gasteiger partial charge in [-0.2, -0.15) is 11.8 Å². The molecule has 98 valence electrons. The van der Waals surface area contributed by atoms with Gasteiger partial charge in [0.1, 0.15) is 11.6 Å². The second-order valence-electron chi connectivity index (χ2n) is 4.80. The van der Waals surface area contributed by atoms with E-state index in [-0.39, 0.29) is 11.8 Å². The van der Waals surface area contributed by atoms with Crippen LogP contribution in [0.4, 0.5) is 8.78 Å². The van der Waals surface area contributed by atoms with Crippen molar-refractivity contribution in [3.8, 4) is 0 Å². The molecule has 1 aliphatic carbocycles. The minimum absolute atomic E-state index is 0.111. The maximum absolute atomic E-state index is 13.3. The van der Waals surface area contributed by atoms with E-state index in [1.165, 1.54) is 17.8 Å². The summed E-state index contributed by atoms with van der Waals surface area (Å²) in [4.78, 5) is 10.7. The number of hydrogen-bond donors (Lipinski definition) is 1. The molecule has 18 heavy (non-hydrogen) atoms. The number of rotatable bonds is 6. The summed E-state index contributed by atoms with van der Waals surface area (Å²) in [6, 6.07) is 3.41. The Morgan fingerprint density at radius 2 is 2.11 bits per heavy atom. The van der Waals surface area contributed by atoms with E-state index in [2.05, 4.69) is 0 Å². The average molecular weight is 272 g/mol. The topological polar surface area (TPSA) is 37.3 Å². The zero-order valence-corrected chi connectivity index (χ0v) is 10.6. The summed E-state index contributed by atoms with van der Waals surface area (Å²) < 4.78 is 26.3. The van der Waals surface area contributed by atoms with E-state index in [1.54, 1.807) is 0 Å². The molecule has 5 heteroatoms. The van der Waals surface area contributed by atoms with Gasteiger partial charge in [-0.05, 0) is 42.2 Å². The van der Waals surface area contributed by atoms with Crippen molar-refractivity contribution < 1.29 is 18.7 Å². The van der Waals surface area contributed by atoms with Crippen LogP contribution in [0, 0.1) is 17.0 Å². The Labute approximate surface area is 108 Å². The molecule has 0 heterocycles. The Hall–Kier alpha value is -1.10. The van der Waals surface area contributed by atoms with Crippen LogP contribution in [0.1, 0.15) is 24.8 Å². The largest absolute Gasteiger partial charge is 0.481 e. The fraction of sp³-hybridized carbons (Fsp3) is 0.462. The molecule has 0 spiro atoms. The van der Waals surface area contributed by atoms with E-state index in [4.69, 9.17) is 5.11 Å². The normalized spacial score (nSPS) is 16.6. The molecule has 2 nitrogen and oxygen atoms in total. The Bertz CT molecular complexity index is 458. The van der Waals surface area contributed by atoms with Crippen LogP contribution in [0.3, 0.4) is 0 Å². The second kappa shape index (κ2) is 5.26. The average Bonchev–Trinajstić information content (AvgIpc) is 3.02. The Morgan fingerprint density at radius 1 is 1.39 bits per heavy atom. The monoisotopic (exact) mass is 272 g/mol. The first-order valence-electron chi connectivity index (χ1n) is 5.74. The summed E-state index contributed by atoms with van der Waals surface area (Å²) in [6.45, 7) is 0. The maximum Gasteiger partial charge on any atom is 0.303 e. The van der Waals surface area contributed by atoms with E-state index >= 15 is 0 Å². The van der Waals surface area contributed by atoms with Gasteiger partial charge in [-0.3, -0.25) is 4.79 Å². The lowest BCUT2D eigenvalue weighted by molar-refractivity contribution is -0.138. The minimum atomic E-state index is -0.787. The molecule has 1 fully saturated rings. The van der Waals surface area contributed by atoms with Crippen LogP contribution in [-0.4, -0.2) is 16.8 Å². The van der Waals surface area contributed by atoms with Crippen LogP contribution < -0.4 is 0 Å². The number of halogens is 2. The predicted molar refractivity (Wildman–Crippen MR) is 66.4 cm³/mol. The van der Waals surface area contributed by atoms with E-state index in [0.29, 0.717) is 17.1 Å². The van der Waals surface area contributed by atoms with Crippen LogP contribution >= 0.6 is 11.8 Å². The van der Waals surface area contributed by atoms with Crippen LogP contribution in [0.15, 0.2) is 18.2 Å². The Kier molecular flexibility index (Phi) is 3.90. The molecule has 1 aromatic carbocycles. The van der Waals surface area contributed by atoms with Gasteiger partial charge < -0.3 is 5.11 Å². The highest BCUT2D eigenvalue weighted by molar-refractivity contribution is 7.98. The highest BCUT2D eigenvalue weighted by atomic mass is 32.2. The van der Waals surface area contributed by atoms with E-state index in [1.807, 2.05) is 0 Å². The number of hydrogen-bond acceptors (Lipinski definition) is 2. The first kappa shape index (κ1) is 13.3. The van der Waals surface area contributed by atoms with Crippen molar-refractivity contribution in [1.82, 2.24) is 0 Å². The van der Waals surface area contributed by atoms with Crippen molar-refractivity contribution in [2.75, 3.05) is 5.75 Å². The van der Waals surface area contributed by atoms with Crippen molar-refractivity contribution in [2.45, 2.75) is 25.0 Å². The lowest BCUT2D eigenvalue weighted by atomic mass is 10.1. The fourth-order valence-corrected chi connectivity index (χ4v) is 3.27. The third kappa shape index (κ3) is 3.45. The van der Waals surface area contributed by atoms with Gasteiger partial charge in [0.25, 0.3) is 0 Å². The zero-order valence-electron chi connectivity index (χ0n) is 9.79. The van der Waals surface area contributed by atoms with E-state index in [9.17, 15) is 13.6 Å². The quantitative estimate of drug-likeness (QED) is 0.861. The van der Waals surface area contributed by atoms with Gasteiger partial charge in [0.05, 0.1) is 6.42 Å². The summed E-state index contributed by atoms with van der Waals surface area (Å²) in [7, 11) is 0. The third-order valence-electron chi connectivity index (χ3n) is 3.16. The first-order valence-corrected chi connectivity index (χ1v) is 6.90. The van der Waals surface area contributed by atoms with Crippen molar-refractivity contribution in [3.63, 3.8) is 0 Å². The van der Waals surface area contributed by atoms with Gasteiger partial charge in [0.2, 0.25) is 0 Å². The molecule has 0 radical (unpaired) electrons. The lowest BCUT2D eigenvalue weighted by Crippen LogP contribution is -2.11. The summed E-state index contributed by atoms with van der Waals surface area (Å²) >= 11 is 1.47. The van der Waals surface area contributed by atoms with Crippen LogP contribution in [0.25, 0.3) is 0 Å². The molecule has 0 unspecified atom stereocenters. The SMILES string of the molecule is O=C(O)CC1(CSCc2cc(F)ccc2F)CC1. The molecule has 2 rings (SSSR count). The number of aliphatic carboxylic acids is 1. The van der Waals surface area contributed by atoms with Gasteiger partial charge in [-0.15, -0.1) is 0 Å². The summed E-state index contributed by atoms with van der Waals surface area (Å²) in [5.74, 6) is -0.573. The number of thioether (sulfide) groups is 1. The number of benzene rings is 1. The number of carbonyl (C=O) groups is 1. The minimum Gasteiger partial charge on any atom is -0.481 e. The van der Waals surface area contributed by atoms with Crippen molar-refractivity contribution in [1.29, 1.82) is 0 Å². The summed E-state index contributed by atoms with van der Waals surface area (Å²) in [5.41, 5.74) is 0.228. The van der Waals surface area contributed by atoms with Gasteiger partial charge in [0, 0.05) is 11.3 Å². The fourth-order valence-electron chi connectivity index (χ4n) is 1.90. The van der Waals surface area contributed by atoms with Gasteiger partial charge in [0.15, 0.2) is 0 Å². The molecule has 0 atom stereocenters. The summed E-state index contributed by atoms with van der Waals surface area (Å²) in [6.07, 6.45) is 2.00. The number of carboxylic acid groups (broad SMARTS) is 1. The molecule has 1 N–H and O–H groups in total. The van der Waals surface area contributed by atoms with E-state index < -0.39 is 17.6 Å². The molecule has 0 bridgehead atoms. The molecular formula is C13H14F2O2S. The van der Waals surface area contributed by atoms with Gasteiger partial charge in [-0.25, -0.2) is 8.78 Å². The van der Waals surface area contributed by atoms with E-state index in [0.717, 1.165) is 25.0 Å². The molecule has 0 aromatic heterocycles. The maximum atomic E-state index is 13.3. The van der Waals surface area contributed by atoms with Crippen LogP contribution in [0.2, 0.25) is 0 Å². The Balaban J connectivity index is 1.85. The zero-order chi connectivity index (χ0) is 13.2. The second-order valence-corrected chi connectivity index (χ2v) is 5.78. The van der Waals surface area contributed by atoms with Crippen molar-refractivity contribution >= 4 is 17.7 Å². The predicted octanol–water partition coefficient (Wildman–Crippen LogP) is 3.45. The van der Waals surface area contributed by atoms with Crippen LogP contribution in [-0.2, 0) is 10.5 Å². The molecular weight excluding hydrogens is 258 g/mol. The number of carboxylic acids is 1. The third-order valence-corrected chi connectivity index (χ3v) is 4.49. The highest BCUT2D eigenvalue weighted by Gasteiger charge is 2.44. The molecule has 1 aromatic rings. The molecule has 1 saturated carbocycles. The van der Waals surface area contributed by atoms with Crippen LogP contribution in [0.5, 0.6) is 0 Å². The lowest BCUT2D eigenvalue weighted by Gasteiger charge is -2.11. The first-order chi connectivity index (χ1) is 8.51. The molecule has 0 aliphatic heterocycles. The highest BCUT2D eigenvalue weighted by Crippen LogP contribution is 2.51. The molecule has 0 amide bonds. The smallest absolute Gasteiger partial charge is 0.303 e. The molecule has 1 aliphatic rings. The Morgan fingerprint density at radius 3 is 2.72 bits per heavy atom. The summed E-state index contributed by atoms with van der Waals surface area (Å²) in [5, 5.41) is 8.77. The van der Waals surface area contributed by atoms with Gasteiger partial charge >= 0.3 is 5.97 Å². The van der Waals surface area contributed by atoms with Crippen molar-refractivity contribution in [3.05, 3.63) is 35.4 Å². The van der Waals surface area contributed by atoms with Gasteiger partial charge in [-0.1, -0.05) is 0 Å². The van der Waals surface area contributed by atoms with Crippen molar-refractivity contribution in [2.24, 2.45) is 5.41 Å². The standard InChI is InChI=1S/C13H14F2O2S/c14-10-1-2-11(15)9(5-10)7-18-8-13(3-4-13)6-12(16)17/h1-2,5H,3-4,6-8H2,(H,16,17).